The summed E-state index contributed by atoms with van der Waals surface area (Å²) < 4.78 is 0. The van der Waals surface area contributed by atoms with Crippen LogP contribution in [0.25, 0.3) is 11.0 Å². The topological polar surface area (TPSA) is 84.0 Å². The van der Waals surface area contributed by atoms with Crippen molar-refractivity contribution in [3.05, 3.63) is 66.0 Å². The van der Waals surface area contributed by atoms with Crippen LogP contribution < -0.4 is 10.6 Å². The molecule has 0 bridgehead atoms. The molecular formula is C20H20N4O2. The maximum atomic E-state index is 12.3. The molecular weight excluding hydrogens is 328 g/mol. The molecule has 6 heteroatoms. The Bertz CT molecular complexity index is 936. The number of aromatic nitrogens is 2. The Labute approximate surface area is 151 Å². The minimum atomic E-state index is -0.277. The zero-order valence-corrected chi connectivity index (χ0v) is 14.7. The van der Waals surface area contributed by atoms with Gasteiger partial charge in [0, 0.05) is 18.2 Å². The van der Waals surface area contributed by atoms with Crippen molar-refractivity contribution in [1.82, 2.24) is 15.3 Å². The molecule has 0 unspecified atom stereocenters. The van der Waals surface area contributed by atoms with Gasteiger partial charge in [0.25, 0.3) is 5.91 Å². The molecule has 0 saturated carbocycles. The smallest absolute Gasteiger partial charge is 0.271 e. The lowest BCUT2D eigenvalue weighted by molar-refractivity contribution is -0.118. The van der Waals surface area contributed by atoms with Crippen molar-refractivity contribution in [2.45, 2.75) is 20.4 Å². The molecule has 0 aliphatic rings. The fraction of sp³-hybridized carbons (Fsp3) is 0.200. The Kier molecular flexibility index (Phi) is 5.22. The predicted molar refractivity (Wildman–Crippen MR) is 101 cm³/mol. The molecule has 1 heterocycles. The van der Waals surface area contributed by atoms with E-state index >= 15 is 0 Å². The average Bonchev–Trinajstić information content (AvgIpc) is 2.66. The monoisotopic (exact) mass is 348 g/mol. The standard InChI is InChI=1S/C20H20N4O2/c1-13(2)19(25)23-15-9-7-14(8-10-15)11-22-20(26)18-12-21-16-5-3-4-6-17(16)24-18/h3-10,12-13H,11H2,1-2H3,(H,22,26)(H,23,25). The molecule has 3 rings (SSSR count). The molecule has 2 amide bonds. The second-order valence-corrected chi connectivity index (χ2v) is 6.27. The minimum absolute atomic E-state index is 0.0269. The number of nitrogens with one attached hydrogen (secondary N) is 2. The molecule has 0 radical (unpaired) electrons. The highest BCUT2D eigenvalue weighted by Crippen LogP contribution is 2.12. The largest absolute Gasteiger partial charge is 0.347 e. The molecule has 3 aromatic rings. The van der Waals surface area contributed by atoms with Crippen molar-refractivity contribution in [3.8, 4) is 0 Å². The molecule has 0 aliphatic heterocycles. The molecule has 1 aromatic heterocycles. The normalized spacial score (nSPS) is 10.7. The number of para-hydroxylation sites is 2. The molecule has 132 valence electrons. The van der Waals surface area contributed by atoms with E-state index in [0.717, 1.165) is 16.8 Å². The van der Waals surface area contributed by atoms with Crippen LogP contribution in [0.2, 0.25) is 0 Å². The highest BCUT2D eigenvalue weighted by molar-refractivity contribution is 5.94. The Morgan fingerprint density at radius 3 is 2.38 bits per heavy atom. The number of nitrogens with zero attached hydrogens (tertiary/aromatic N) is 2. The van der Waals surface area contributed by atoms with Crippen molar-refractivity contribution < 1.29 is 9.59 Å². The highest BCUT2D eigenvalue weighted by Gasteiger charge is 2.09. The van der Waals surface area contributed by atoms with Gasteiger partial charge in [-0.2, -0.15) is 0 Å². The lowest BCUT2D eigenvalue weighted by Crippen LogP contribution is -2.24. The van der Waals surface area contributed by atoms with Crippen molar-refractivity contribution >= 4 is 28.5 Å². The summed E-state index contributed by atoms with van der Waals surface area (Å²) in [5, 5.41) is 5.66. The number of benzene rings is 2. The van der Waals surface area contributed by atoms with Gasteiger partial charge in [-0.25, -0.2) is 4.98 Å². The summed E-state index contributed by atoms with van der Waals surface area (Å²) >= 11 is 0. The van der Waals surface area contributed by atoms with Gasteiger partial charge in [0.1, 0.15) is 5.69 Å². The lowest BCUT2D eigenvalue weighted by Gasteiger charge is -2.09. The molecule has 0 atom stereocenters. The first-order valence-corrected chi connectivity index (χ1v) is 8.43. The Balaban J connectivity index is 1.60. The van der Waals surface area contributed by atoms with E-state index in [2.05, 4.69) is 20.6 Å². The van der Waals surface area contributed by atoms with Gasteiger partial charge in [0.2, 0.25) is 5.91 Å². The number of carbonyl (C=O) groups is 2. The Hall–Kier alpha value is -3.28. The molecule has 0 fully saturated rings. The van der Waals surface area contributed by atoms with Crippen LogP contribution in [0, 0.1) is 5.92 Å². The van der Waals surface area contributed by atoms with Crippen molar-refractivity contribution in [1.29, 1.82) is 0 Å². The van der Waals surface area contributed by atoms with Gasteiger partial charge in [-0.3, -0.25) is 14.6 Å². The van der Waals surface area contributed by atoms with Crippen molar-refractivity contribution in [2.24, 2.45) is 5.92 Å². The number of amides is 2. The first-order chi connectivity index (χ1) is 12.5. The van der Waals surface area contributed by atoms with Gasteiger partial charge in [-0.15, -0.1) is 0 Å². The zero-order chi connectivity index (χ0) is 18.5. The van der Waals surface area contributed by atoms with Gasteiger partial charge >= 0.3 is 0 Å². The van der Waals surface area contributed by atoms with Crippen molar-refractivity contribution in [3.63, 3.8) is 0 Å². The first-order valence-electron chi connectivity index (χ1n) is 8.43. The van der Waals surface area contributed by atoms with E-state index < -0.39 is 0 Å². The van der Waals surface area contributed by atoms with Crippen LogP contribution in [0.15, 0.2) is 54.7 Å². The fourth-order valence-electron chi connectivity index (χ4n) is 2.33. The van der Waals surface area contributed by atoms with Gasteiger partial charge < -0.3 is 10.6 Å². The average molecular weight is 348 g/mol. The van der Waals surface area contributed by atoms with E-state index in [1.54, 1.807) is 0 Å². The van der Waals surface area contributed by atoms with E-state index in [-0.39, 0.29) is 23.4 Å². The fourth-order valence-corrected chi connectivity index (χ4v) is 2.33. The lowest BCUT2D eigenvalue weighted by atomic mass is 10.1. The summed E-state index contributed by atoms with van der Waals surface area (Å²) in [6, 6.07) is 14.8. The number of hydrogen-bond donors (Lipinski definition) is 2. The maximum Gasteiger partial charge on any atom is 0.271 e. The van der Waals surface area contributed by atoms with Crippen LogP contribution in [-0.2, 0) is 11.3 Å². The SMILES string of the molecule is CC(C)C(=O)Nc1ccc(CNC(=O)c2cnc3ccccc3n2)cc1. The Morgan fingerprint density at radius 2 is 1.69 bits per heavy atom. The number of carbonyl (C=O) groups excluding carboxylic acids is 2. The van der Waals surface area contributed by atoms with E-state index in [4.69, 9.17) is 0 Å². The van der Waals surface area contributed by atoms with Crippen LogP contribution in [0.4, 0.5) is 5.69 Å². The summed E-state index contributed by atoms with van der Waals surface area (Å²) in [6.07, 6.45) is 1.47. The molecule has 6 nitrogen and oxygen atoms in total. The molecule has 0 saturated heterocycles. The van der Waals surface area contributed by atoms with Crippen LogP contribution in [-0.4, -0.2) is 21.8 Å². The second-order valence-electron chi connectivity index (χ2n) is 6.27. The van der Waals surface area contributed by atoms with Gasteiger partial charge in [0.05, 0.1) is 17.2 Å². The van der Waals surface area contributed by atoms with E-state index in [9.17, 15) is 9.59 Å². The predicted octanol–water partition coefficient (Wildman–Crippen LogP) is 3.15. The third kappa shape index (κ3) is 4.22. The number of hydrogen-bond acceptors (Lipinski definition) is 4. The molecule has 0 spiro atoms. The summed E-state index contributed by atoms with van der Waals surface area (Å²) in [6.45, 7) is 4.05. The van der Waals surface area contributed by atoms with Crippen LogP contribution in [0.3, 0.4) is 0 Å². The van der Waals surface area contributed by atoms with E-state index in [0.29, 0.717) is 12.1 Å². The third-order valence-electron chi connectivity index (χ3n) is 3.88. The molecule has 0 aliphatic carbocycles. The number of anilines is 1. The number of fused-ring (bicyclic) bond motifs is 1. The summed E-state index contributed by atoms with van der Waals surface area (Å²) in [4.78, 5) is 32.5. The molecule has 2 N–H and O–H groups in total. The van der Waals surface area contributed by atoms with Gasteiger partial charge in [-0.05, 0) is 29.8 Å². The summed E-state index contributed by atoms with van der Waals surface area (Å²) in [7, 11) is 0. The molecule has 26 heavy (non-hydrogen) atoms. The highest BCUT2D eigenvalue weighted by atomic mass is 16.2. The second kappa shape index (κ2) is 7.74. The maximum absolute atomic E-state index is 12.3. The van der Waals surface area contributed by atoms with Crippen molar-refractivity contribution in [2.75, 3.05) is 5.32 Å². The zero-order valence-electron chi connectivity index (χ0n) is 14.7. The molecule has 2 aromatic carbocycles. The van der Waals surface area contributed by atoms with Gasteiger partial charge in [-0.1, -0.05) is 38.1 Å². The van der Waals surface area contributed by atoms with Crippen LogP contribution >= 0.6 is 0 Å². The quantitative estimate of drug-likeness (QED) is 0.742. The van der Waals surface area contributed by atoms with Crippen LogP contribution in [0.1, 0.15) is 29.9 Å². The number of rotatable bonds is 5. The third-order valence-corrected chi connectivity index (χ3v) is 3.88. The minimum Gasteiger partial charge on any atom is -0.347 e. The van der Waals surface area contributed by atoms with E-state index in [1.807, 2.05) is 62.4 Å². The van der Waals surface area contributed by atoms with Gasteiger partial charge in [0.15, 0.2) is 0 Å². The summed E-state index contributed by atoms with van der Waals surface area (Å²) in [5.74, 6) is -0.376. The van der Waals surface area contributed by atoms with Crippen LogP contribution in [0.5, 0.6) is 0 Å². The first kappa shape index (κ1) is 17.5. The Morgan fingerprint density at radius 1 is 1.00 bits per heavy atom. The van der Waals surface area contributed by atoms with E-state index in [1.165, 1.54) is 6.20 Å². The summed E-state index contributed by atoms with van der Waals surface area (Å²) in [5.41, 5.74) is 3.38.